The van der Waals surface area contributed by atoms with Crippen LogP contribution in [0.4, 0.5) is 21.2 Å². The summed E-state index contributed by atoms with van der Waals surface area (Å²) in [4.78, 5) is 13.4. The van der Waals surface area contributed by atoms with E-state index in [9.17, 15) is 15.3 Å². The highest BCUT2D eigenvalue weighted by Gasteiger charge is 2.24. The van der Waals surface area contributed by atoms with Crippen molar-refractivity contribution in [3.63, 3.8) is 0 Å². The molecule has 1 aliphatic carbocycles. The molecule has 1 atom stereocenters. The Morgan fingerprint density at radius 2 is 2.12 bits per heavy atom. The number of fused-ring (bicyclic) bond motifs is 1. The number of hydrogen-bond acceptors (Lipinski definition) is 6. The van der Waals surface area contributed by atoms with Crippen molar-refractivity contribution in [1.82, 2.24) is 0 Å². The summed E-state index contributed by atoms with van der Waals surface area (Å²) >= 11 is 1.46. The van der Waals surface area contributed by atoms with Crippen molar-refractivity contribution in [2.45, 2.75) is 26.2 Å². The summed E-state index contributed by atoms with van der Waals surface area (Å²) in [6.07, 6.45) is 2.86. The van der Waals surface area contributed by atoms with E-state index in [0.717, 1.165) is 24.8 Å². The maximum atomic E-state index is 12.2. The molecule has 7 nitrogen and oxygen atoms in total. The van der Waals surface area contributed by atoms with E-state index in [1.54, 1.807) is 0 Å². The molecule has 0 fully saturated rings. The van der Waals surface area contributed by atoms with Gasteiger partial charge in [0.15, 0.2) is 0 Å². The zero-order valence-electron chi connectivity index (χ0n) is 13.6. The fraction of sp³-hybridized carbons (Fsp3) is 0.294. The SMILES string of the molecule is CC1CCc2c(sc(NC(=O)Nc3ccc(N([O-])O)cc3)c2C#N)C1. The summed E-state index contributed by atoms with van der Waals surface area (Å²) in [5.74, 6) is 0.588. The van der Waals surface area contributed by atoms with Crippen molar-refractivity contribution in [2.75, 3.05) is 15.9 Å². The molecule has 1 unspecified atom stereocenters. The smallest absolute Gasteiger partial charge is 0.324 e. The number of carbonyl (C=O) groups excluding carboxylic acids is 1. The van der Waals surface area contributed by atoms with Crippen LogP contribution >= 0.6 is 11.3 Å². The first-order valence-electron chi connectivity index (χ1n) is 7.86. The van der Waals surface area contributed by atoms with Crippen molar-refractivity contribution < 1.29 is 10.0 Å². The highest BCUT2D eigenvalue weighted by Crippen LogP contribution is 2.39. The Balaban J connectivity index is 1.72. The molecule has 0 bridgehead atoms. The van der Waals surface area contributed by atoms with Gasteiger partial charge in [0.25, 0.3) is 0 Å². The highest BCUT2D eigenvalue weighted by atomic mass is 32.1. The average Bonchev–Trinajstić information content (AvgIpc) is 2.90. The molecule has 0 saturated carbocycles. The molecule has 1 aliphatic rings. The lowest BCUT2D eigenvalue weighted by atomic mass is 9.89. The first kappa shape index (κ1) is 17.2. The van der Waals surface area contributed by atoms with E-state index >= 15 is 0 Å². The molecule has 3 N–H and O–H groups in total. The quantitative estimate of drug-likeness (QED) is 0.717. The number of thiophene rings is 1. The van der Waals surface area contributed by atoms with Gasteiger partial charge in [-0.2, -0.15) is 5.26 Å². The summed E-state index contributed by atoms with van der Waals surface area (Å²) in [6, 6.07) is 7.52. The standard InChI is InChI=1S/C17H17N4O3S/c1-10-2-7-13-14(9-18)16(25-15(13)8-10)20-17(22)19-11-3-5-12(6-4-11)21(23)24/h3-6,10,23H,2,7-8H2,1H3,(H2,19,20,22)/q-1. The molecule has 8 heteroatoms. The monoisotopic (exact) mass is 357 g/mol. The number of anilines is 3. The Labute approximate surface area is 149 Å². The predicted molar refractivity (Wildman–Crippen MR) is 96.9 cm³/mol. The van der Waals surface area contributed by atoms with E-state index in [1.165, 1.54) is 40.5 Å². The van der Waals surface area contributed by atoms with Crippen LogP contribution in [0.25, 0.3) is 0 Å². The fourth-order valence-corrected chi connectivity index (χ4v) is 4.25. The number of benzene rings is 1. The number of nitriles is 1. The summed E-state index contributed by atoms with van der Waals surface area (Å²) < 4.78 is 0. The molecule has 1 aromatic heterocycles. The number of nitrogens with one attached hydrogen (secondary N) is 2. The molecule has 1 aromatic carbocycles. The van der Waals surface area contributed by atoms with Crippen LogP contribution in [-0.4, -0.2) is 11.2 Å². The van der Waals surface area contributed by atoms with E-state index in [1.807, 2.05) is 0 Å². The Morgan fingerprint density at radius 1 is 1.40 bits per heavy atom. The van der Waals surface area contributed by atoms with Crippen LogP contribution in [0.15, 0.2) is 24.3 Å². The lowest BCUT2D eigenvalue weighted by molar-refractivity contribution is 0.262. The zero-order chi connectivity index (χ0) is 18.0. The average molecular weight is 357 g/mol. The van der Waals surface area contributed by atoms with Gasteiger partial charge in [0, 0.05) is 10.6 Å². The first-order valence-corrected chi connectivity index (χ1v) is 8.68. The van der Waals surface area contributed by atoms with Gasteiger partial charge in [-0.15, -0.1) is 11.3 Å². The maximum Gasteiger partial charge on any atom is 0.324 e. The molecular weight excluding hydrogens is 340 g/mol. The van der Waals surface area contributed by atoms with Crippen LogP contribution < -0.4 is 15.9 Å². The van der Waals surface area contributed by atoms with Crippen molar-refractivity contribution in [1.29, 1.82) is 5.26 Å². The van der Waals surface area contributed by atoms with Gasteiger partial charge in [0.1, 0.15) is 11.1 Å². The van der Waals surface area contributed by atoms with Gasteiger partial charge in [-0.25, -0.2) is 4.79 Å². The van der Waals surface area contributed by atoms with Gasteiger partial charge in [0.2, 0.25) is 0 Å². The number of rotatable bonds is 3. The van der Waals surface area contributed by atoms with Crippen LogP contribution in [0.2, 0.25) is 0 Å². The molecule has 0 saturated heterocycles. The van der Waals surface area contributed by atoms with Crippen LogP contribution in [0.5, 0.6) is 0 Å². The van der Waals surface area contributed by atoms with E-state index in [2.05, 4.69) is 23.6 Å². The van der Waals surface area contributed by atoms with E-state index in [4.69, 9.17) is 5.21 Å². The Hall–Kier alpha value is -2.60. The van der Waals surface area contributed by atoms with Gasteiger partial charge < -0.3 is 15.8 Å². The number of urea groups is 1. The summed E-state index contributed by atoms with van der Waals surface area (Å²) in [5, 5.41) is 34.7. The Morgan fingerprint density at radius 3 is 2.76 bits per heavy atom. The van der Waals surface area contributed by atoms with Crippen LogP contribution in [0.3, 0.4) is 0 Å². The molecular formula is C17H17N4O3S-. The second-order valence-corrected chi connectivity index (χ2v) is 7.17. The van der Waals surface area contributed by atoms with Crippen LogP contribution in [0, 0.1) is 22.5 Å². The number of amides is 2. The van der Waals surface area contributed by atoms with Crippen molar-refractivity contribution in [3.05, 3.63) is 45.5 Å². The second-order valence-electron chi connectivity index (χ2n) is 6.07. The second kappa shape index (κ2) is 7.11. The van der Waals surface area contributed by atoms with Gasteiger partial charge in [-0.1, -0.05) is 6.92 Å². The molecule has 3 rings (SSSR count). The number of carbonyl (C=O) groups is 1. The molecule has 0 aliphatic heterocycles. The van der Waals surface area contributed by atoms with Gasteiger partial charge in [-0.3, -0.25) is 10.5 Å². The highest BCUT2D eigenvalue weighted by molar-refractivity contribution is 7.16. The summed E-state index contributed by atoms with van der Waals surface area (Å²) in [6.45, 7) is 2.19. The third-order valence-corrected chi connectivity index (χ3v) is 5.37. The van der Waals surface area contributed by atoms with Crippen LogP contribution in [-0.2, 0) is 12.8 Å². The van der Waals surface area contributed by atoms with Gasteiger partial charge in [-0.05, 0) is 55.0 Å². The number of hydrogen-bond donors (Lipinski definition) is 3. The van der Waals surface area contributed by atoms with Crippen molar-refractivity contribution in [3.8, 4) is 6.07 Å². The molecule has 2 aromatic rings. The van der Waals surface area contributed by atoms with Gasteiger partial charge >= 0.3 is 6.03 Å². The fourth-order valence-electron chi connectivity index (χ4n) is 2.89. The normalized spacial score (nSPS) is 15.8. The van der Waals surface area contributed by atoms with E-state index in [-0.39, 0.29) is 10.9 Å². The van der Waals surface area contributed by atoms with Crippen molar-refractivity contribution >= 4 is 33.7 Å². The topological polar surface area (TPSA) is 111 Å². The largest absolute Gasteiger partial charge is 0.733 e. The molecule has 2 amide bonds. The Bertz CT molecular complexity index is 824. The summed E-state index contributed by atoms with van der Waals surface area (Å²) in [5.41, 5.74) is 2.15. The molecule has 0 spiro atoms. The minimum absolute atomic E-state index is 0.0674. The van der Waals surface area contributed by atoms with E-state index in [0.29, 0.717) is 22.2 Å². The summed E-state index contributed by atoms with van der Waals surface area (Å²) in [7, 11) is 0. The maximum absolute atomic E-state index is 12.2. The minimum atomic E-state index is -0.459. The van der Waals surface area contributed by atoms with E-state index < -0.39 is 6.03 Å². The molecule has 1 heterocycles. The van der Waals surface area contributed by atoms with Crippen LogP contribution in [0.1, 0.15) is 29.3 Å². The third-order valence-electron chi connectivity index (χ3n) is 4.20. The van der Waals surface area contributed by atoms with Crippen molar-refractivity contribution in [2.24, 2.45) is 5.92 Å². The minimum Gasteiger partial charge on any atom is -0.733 e. The molecule has 130 valence electrons. The predicted octanol–water partition coefficient (Wildman–Crippen LogP) is 4.08. The lowest BCUT2D eigenvalue weighted by Gasteiger charge is -2.21. The Kier molecular flexibility index (Phi) is 4.90. The molecule has 0 radical (unpaired) electrons. The zero-order valence-corrected chi connectivity index (χ0v) is 14.4. The molecule has 25 heavy (non-hydrogen) atoms. The first-order chi connectivity index (χ1) is 12.0. The number of nitrogens with zero attached hydrogens (tertiary/aromatic N) is 2. The van der Waals surface area contributed by atoms with Gasteiger partial charge in [0.05, 0.1) is 11.3 Å². The lowest BCUT2D eigenvalue weighted by Crippen LogP contribution is -2.19. The third kappa shape index (κ3) is 3.74.